The highest BCUT2D eigenvalue weighted by molar-refractivity contribution is 6.32. The molecule has 1 aromatic heterocycles. The van der Waals surface area contributed by atoms with E-state index in [4.69, 9.17) is 16.3 Å². The van der Waals surface area contributed by atoms with Crippen molar-refractivity contribution in [1.82, 2.24) is 9.97 Å². The molecule has 0 unspecified atom stereocenters. The molecule has 0 amide bonds. The fourth-order valence-electron chi connectivity index (χ4n) is 2.62. The number of aliphatic hydroxyl groups excluding tert-OH is 1. The van der Waals surface area contributed by atoms with Crippen molar-refractivity contribution in [3.63, 3.8) is 0 Å². The van der Waals surface area contributed by atoms with E-state index in [2.05, 4.69) is 15.3 Å². The Morgan fingerprint density at radius 1 is 1.07 bits per heavy atom. The van der Waals surface area contributed by atoms with Crippen LogP contribution in [-0.4, -0.2) is 27.7 Å². The molecule has 0 radical (unpaired) electrons. The van der Waals surface area contributed by atoms with Crippen molar-refractivity contribution in [2.75, 3.05) is 11.9 Å². The summed E-state index contributed by atoms with van der Waals surface area (Å²) in [5, 5.41) is 14.0. The molecule has 1 atom stereocenters. The van der Waals surface area contributed by atoms with E-state index in [-0.39, 0.29) is 6.10 Å². The van der Waals surface area contributed by atoms with Gasteiger partial charge in [0.2, 0.25) is 0 Å². The summed E-state index contributed by atoms with van der Waals surface area (Å²) in [6.07, 6.45) is 0.921. The molecule has 0 aliphatic carbocycles. The van der Waals surface area contributed by atoms with Gasteiger partial charge in [-0.3, -0.25) is 0 Å². The zero-order valence-electron chi connectivity index (χ0n) is 15.3. The van der Waals surface area contributed by atoms with Crippen LogP contribution >= 0.6 is 11.6 Å². The molecule has 0 spiro atoms. The van der Waals surface area contributed by atoms with Crippen molar-refractivity contribution in [3.8, 4) is 17.0 Å². The first kappa shape index (κ1) is 19.1. The van der Waals surface area contributed by atoms with Gasteiger partial charge >= 0.3 is 0 Å². The number of hydrogen-bond donors (Lipinski definition) is 2. The van der Waals surface area contributed by atoms with Gasteiger partial charge in [0.15, 0.2) is 0 Å². The molecule has 5 nitrogen and oxygen atoms in total. The fraction of sp³-hybridized carbons (Fsp3) is 0.238. The molecule has 0 aliphatic heterocycles. The van der Waals surface area contributed by atoms with Crippen LogP contribution in [0.25, 0.3) is 11.3 Å². The van der Waals surface area contributed by atoms with E-state index >= 15 is 0 Å². The first-order chi connectivity index (χ1) is 13.0. The number of ether oxygens (including phenoxy) is 1. The summed E-state index contributed by atoms with van der Waals surface area (Å²) in [6, 6.07) is 16.9. The Kier molecular flexibility index (Phi) is 6.27. The molecule has 27 heavy (non-hydrogen) atoms. The number of rotatable bonds is 7. The van der Waals surface area contributed by atoms with Gasteiger partial charge in [-0.2, -0.15) is 0 Å². The zero-order chi connectivity index (χ0) is 19.2. The normalized spacial score (nSPS) is 12.0. The van der Waals surface area contributed by atoms with Crippen LogP contribution in [0, 0.1) is 0 Å². The lowest BCUT2D eigenvalue weighted by Crippen LogP contribution is -2.13. The second kappa shape index (κ2) is 8.84. The molecule has 3 rings (SSSR count). The van der Waals surface area contributed by atoms with Gasteiger partial charge in [0.25, 0.3) is 0 Å². The Labute approximate surface area is 164 Å². The molecule has 3 aromatic rings. The first-order valence-electron chi connectivity index (χ1n) is 8.78. The number of aromatic nitrogens is 2. The predicted molar refractivity (Wildman–Crippen MR) is 108 cm³/mol. The maximum absolute atomic E-state index is 10.3. The van der Waals surface area contributed by atoms with Crippen LogP contribution in [0.15, 0.2) is 60.9 Å². The van der Waals surface area contributed by atoms with E-state index in [1.165, 1.54) is 6.33 Å². The average Bonchev–Trinajstić information content (AvgIpc) is 2.68. The van der Waals surface area contributed by atoms with Gasteiger partial charge in [0, 0.05) is 18.2 Å². The molecule has 0 bridgehead atoms. The van der Waals surface area contributed by atoms with Crippen LogP contribution in [0.4, 0.5) is 5.82 Å². The molecule has 0 aliphatic rings. The smallest absolute Gasteiger partial charge is 0.138 e. The predicted octanol–water partition coefficient (Wildman–Crippen LogP) is 4.73. The summed E-state index contributed by atoms with van der Waals surface area (Å²) in [5.74, 6) is 1.28. The van der Waals surface area contributed by atoms with Crippen LogP contribution in [-0.2, 0) is 0 Å². The van der Waals surface area contributed by atoms with E-state index < -0.39 is 6.10 Å². The summed E-state index contributed by atoms with van der Waals surface area (Å²) in [5.41, 5.74) is 2.46. The highest BCUT2D eigenvalue weighted by Gasteiger charge is 2.10. The Morgan fingerprint density at radius 2 is 1.85 bits per heavy atom. The van der Waals surface area contributed by atoms with Crippen molar-refractivity contribution in [3.05, 3.63) is 71.5 Å². The third-order valence-electron chi connectivity index (χ3n) is 3.92. The second-order valence-corrected chi connectivity index (χ2v) is 6.81. The quantitative estimate of drug-likeness (QED) is 0.617. The SMILES string of the molecule is CC(C)Oc1ccc(-c2cc(NC[C@H](O)c3ccccc3)ncn2)cc1Cl. The third-order valence-corrected chi connectivity index (χ3v) is 4.21. The number of hydrogen-bond acceptors (Lipinski definition) is 5. The zero-order valence-corrected chi connectivity index (χ0v) is 16.0. The summed E-state index contributed by atoms with van der Waals surface area (Å²) in [4.78, 5) is 8.53. The van der Waals surface area contributed by atoms with E-state index in [0.29, 0.717) is 23.1 Å². The van der Waals surface area contributed by atoms with Crippen LogP contribution in [0.2, 0.25) is 5.02 Å². The molecular formula is C21H22ClN3O2. The van der Waals surface area contributed by atoms with E-state index in [1.807, 2.05) is 68.4 Å². The van der Waals surface area contributed by atoms with Gasteiger partial charge in [0.05, 0.1) is 22.9 Å². The molecule has 2 N–H and O–H groups in total. The van der Waals surface area contributed by atoms with Crippen molar-refractivity contribution in [1.29, 1.82) is 0 Å². The van der Waals surface area contributed by atoms with Crippen LogP contribution in [0.5, 0.6) is 5.75 Å². The Morgan fingerprint density at radius 3 is 2.56 bits per heavy atom. The van der Waals surface area contributed by atoms with Crippen LogP contribution in [0.3, 0.4) is 0 Å². The maximum atomic E-state index is 10.3. The third kappa shape index (κ3) is 5.18. The van der Waals surface area contributed by atoms with E-state index in [9.17, 15) is 5.11 Å². The maximum Gasteiger partial charge on any atom is 0.138 e. The van der Waals surface area contributed by atoms with Gasteiger partial charge in [-0.15, -0.1) is 0 Å². The number of halogens is 1. The second-order valence-electron chi connectivity index (χ2n) is 6.41. The molecule has 6 heteroatoms. The number of anilines is 1. The van der Waals surface area contributed by atoms with Gasteiger partial charge in [-0.25, -0.2) is 9.97 Å². The molecule has 0 fully saturated rings. The number of nitrogens with one attached hydrogen (secondary N) is 1. The molecule has 1 heterocycles. The first-order valence-corrected chi connectivity index (χ1v) is 9.16. The summed E-state index contributed by atoms with van der Waals surface area (Å²) in [7, 11) is 0. The summed E-state index contributed by atoms with van der Waals surface area (Å²) in [6.45, 7) is 4.26. The standard InChI is InChI=1S/C21H22ClN3O2/c1-14(2)27-20-9-8-16(10-17(20)22)18-11-21(25-13-24-18)23-12-19(26)15-6-4-3-5-7-15/h3-11,13-14,19,26H,12H2,1-2H3,(H,23,24,25)/t19-/m0/s1. The fourth-order valence-corrected chi connectivity index (χ4v) is 2.84. The van der Waals surface area contributed by atoms with E-state index in [0.717, 1.165) is 16.8 Å². The summed E-state index contributed by atoms with van der Waals surface area (Å²) >= 11 is 6.32. The Hall–Kier alpha value is -2.63. The molecule has 140 valence electrons. The minimum Gasteiger partial charge on any atom is -0.489 e. The monoisotopic (exact) mass is 383 g/mol. The number of nitrogens with zero attached hydrogens (tertiary/aromatic N) is 2. The lowest BCUT2D eigenvalue weighted by atomic mass is 10.1. The lowest BCUT2D eigenvalue weighted by molar-refractivity contribution is 0.191. The highest BCUT2D eigenvalue weighted by atomic mass is 35.5. The molecule has 0 saturated carbocycles. The Balaban J connectivity index is 1.71. The number of aliphatic hydroxyl groups is 1. The van der Waals surface area contributed by atoms with Crippen molar-refractivity contribution >= 4 is 17.4 Å². The van der Waals surface area contributed by atoms with Gasteiger partial charge < -0.3 is 15.2 Å². The number of benzene rings is 2. The van der Waals surface area contributed by atoms with Gasteiger partial charge in [-0.05, 0) is 37.6 Å². The molecule has 2 aromatic carbocycles. The minimum atomic E-state index is -0.619. The molecular weight excluding hydrogens is 362 g/mol. The van der Waals surface area contributed by atoms with Gasteiger partial charge in [-0.1, -0.05) is 41.9 Å². The minimum absolute atomic E-state index is 0.0549. The average molecular weight is 384 g/mol. The summed E-state index contributed by atoms with van der Waals surface area (Å²) < 4.78 is 5.66. The van der Waals surface area contributed by atoms with Crippen LogP contribution in [0.1, 0.15) is 25.5 Å². The lowest BCUT2D eigenvalue weighted by Gasteiger charge is -2.14. The van der Waals surface area contributed by atoms with Crippen molar-refractivity contribution in [2.24, 2.45) is 0 Å². The van der Waals surface area contributed by atoms with Crippen molar-refractivity contribution < 1.29 is 9.84 Å². The molecule has 0 saturated heterocycles. The topological polar surface area (TPSA) is 67.3 Å². The largest absolute Gasteiger partial charge is 0.489 e. The van der Waals surface area contributed by atoms with Crippen molar-refractivity contribution in [2.45, 2.75) is 26.1 Å². The van der Waals surface area contributed by atoms with Gasteiger partial charge in [0.1, 0.15) is 17.9 Å². The van der Waals surface area contributed by atoms with E-state index in [1.54, 1.807) is 0 Å². The highest BCUT2D eigenvalue weighted by Crippen LogP contribution is 2.30. The Bertz CT molecular complexity index is 888. The van der Waals surface area contributed by atoms with Crippen LogP contribution < -0.4 is 10.1 Å².